The molecule has 1 aromatic heterocycles. The van der Waals surface area contributed by atoms with E-state index in [1.54, 1.807) is 0 Å². The Hall–Kier alpha value is -2.14. The van der Waals surface area contributed by atoms with Gasteiger partial charge in [-0.05, 0) is 6.92 Å². The smallest absolute Gasteiger partial charge is 0.156 e. The summed E-state index contributed by atoms with van der Waals surface area (Å²) in [6.45, 7) is 2.19. The van der Waals surface area contributed by atoms with Gasteiger partial charge in [0.25, 0.3) is 0 Å². The SMILES string of the molecule is Cc1ccc(-c2nn(CCO)c(N)c2C=O)cc1. The minimum Gasteiger partial charge on any atom is -0.394 e. The van der Waals surface area contributed by atoms with Gasteiger partial charge in [-0.1, -0.05) is 29.8 Å². The van der Waals surface area contributed by atoms with Crippen LogP contribution in [-0.4, -0.2) is 27.8 Å². The fourth-order valence-electron chi connectivity index (χ4n) is 1.79. The van der Waals surface area contributed by atoms with E-state index in [9.17, 15) is 4.79 Å². The third-order valence-electron chi connectivity index (χ3n) is 2.78. The van der Waals surface area contributed by atoms with Crippen molar-refractivity contribution in [3.63, 3.8) is 0 Å². The summed E-state index contributed by atoms with van der Waals surface area (Å²) in [5.41, 5.74) is 8.72. The maximum absolute atomic E-state index is 11.1. The molecule has 0 saturated carbocycles. The molecule has 0 aliphatic carbocycles. The number of benzene rings is 1. The summed E-state index contributed by atoms with van der Waals surface area (Å²) in [6, 6.07) is 7.69. The highest BCUT2D eigenvalue weighted by atomic mass is 16.3. The quantitative estimate of drug-likeness (QED) is 0.794. The van der Waals surface area contributed by atoms with Crippen molar-refractivity contribution in [1.82, 2.24) is 9.78 Å². The fourth-order valence-corrected chi connectivity index (χ4v) is 1.79. The molecule has 0 radical (unpaired) electrons. The second-order valence-corrected chi connectivity index (χ2v) is 4.08. The number of aryl methyl sites for hydroxylation is 1. The lowest BCUT2D eigenvalue weighted by Crippen LogP contribution is -2.08. The zero-order valence-corrected chi connectivity index (χ0v) is 10.1. The molecule has 0 amide bonds. The van der Waals surface area contributed by atoms with Crippen LogP contribution in [0, 0.1) is 6.92 Å². The van der Waals surface area contributed by atoms with Gasteiger partial charge in [0.1, 0.15) is 11.5 Å². The number of nitrogens with zero attached hydrogens (tertiary/aromatic N) is 2. The molecule has 0 spiro atoms. The zero-order valence-electron chi connectivity index (χ0n) is 10.1. The van der Waals surface area contributed by atoms with Crippen LogP contribution in [-0.2, 0) is 6.54 Å². The van der Waals surface area contributed by atoms with Gasteiger partial charge in [-0.3, -0.25) is 4.79 Å². The van der Waals surface area contributed by atoms with Gasteiger partial charge in [-0.25, -0.2) is 4.68 Å². The standard InChI is InChI=1S/C13H15N3O2/c1-9-2-4-10(5-3-9)12-11(8-18)13(14)16(15-12)6-7-17/h2-5,8,17H,6-7,14H2,1H3. The molecule has 0 unspecified atom stereocenters. The molecule has 18 heavy (non-hydrogen) atoms. The van der Waals surface area contributed by atoms with Crippen molar-refractivity contribution in [2.45, 2.75) is 13.5 Å². The maximum Gasteiger partial charge on any atom is 0.156 e. The van der Waals surface area contributed by atoms with E-state index in [0.717, 1.165) is 11.1 Å². The number of aliphatic hydroxyl groups is 1. The highest BCUT2D eigenvalue weighted by Crippen LogP contribution is 2.25. The summed E-state index contributed by atoms with van der Waals surface area (Å²) in [4.78, 5) is 11.1. The maximum atomic E-state index is 11.1. The van der Waals surface area contributed by atoms with Crippen LogP contribution < -0.4 is 5.73 Å². The van der Waals surface area contributed by atoms with Crippen molar-refractivity contribution in [1.29, 1.82) is 0 Å². The Kier molecular flexibility index (Phi) is 3.43. The number of nitrogens with two attached hydrogens (primary N) is 1. The average Bonchev–Trinajstić information content (AvgIpc) is 2.68. The molecule has 2 rings (SSSR count). The largest absolute Gasteiger partial charge is 0.394 e. The number of aldehydes is 1. The summed E-state index contributed by atoms with van der Waals surface area (Å²) in [7, 11) is 0. The molecule has 0 fully saturated rings. The van der Waals surface area contributed by atoms with E-state index in [1.807, 2.05) is 31.2 Å². The van der Waals surface area contributed by atoms with Crippen molar-refractivity contribution in [2.24, 2.45) is 0 Å². The van der Waals surface area contributed by atoms with E-state index < -0.39 is 0 Å². The molecule has 2 aromatic rings. The topological polar surface area (TPSA) is 81.1 Å². The Morgan fingerprint density at radius 2 is 2.06 bits per heavy atom. The first-order valence-electron chi connectivity index (χ1n) is 5.66. The summed E-state index contributed by atoms with van der Waals surface area (Å²) in [6.07, 6.45) is 0.700. The van der Waals surface area contributed by atoms with E-state index in [0.29, 0.717) is 17.5 Å². The first-order valence-corrected chi connectivity index (χ1v) is 5.66. The minimum atomic E-state index is -0.0719. The number of anilines is 1. The highest BCUT2D eigenvalue weighted by molar-refractivity contribution is 5.91. The Labute approximate surface area is 105 Å². The molecule has 94 valence electrons. The number of aromatic nitrogens is 2. The van der Waals surface area contributed by atoms with E-state index in [4.69, 9.17) is 10.8 Å². The minimum absolute atomic E-state index is 0.0719. The Bertz CT molecular complexity index is 558. The van der Waals surface area contributed by atoms with Crippen molar-refractivity contribution in [2.75, 3.05) is 12.3 Å². The van der Waals surface area contributed by atoms with Crippen LogP contribution in [0.5, 0.6) is 0 Å². The van der Waals surface area contributed by atoms with Gasteiger partial charge in [0.15, 0.2) is 6.29 Å². The van der Waals surface area contributed by atoms with Crippen molar-refractivity contribution in [3.8, 4) is 11.3 Å². The first-order chi connectivity index (χ1) is 8.67. The van der Waals surface area contributed by atoms with E-state index in [-0.39, 0.29) is 19.0 Å². The first kappa shape index (κ1) is 12.3. The lowest BCUT2D eigenvalue weighted by Gasteiger charge is -1.99. The molecule has 5 nitrogen and oxygen atoms in total. The molecule has 0 aliphatic rings. The summed E-state index contributed by atoms with van der Waals surface area (Å²) in [5, 5.41) is 13.2. The van der Waals surface area contributed by atoms with E-state index in [2.05, 4.69) is 5.10 Å². The lowest BCUT2D eigenvalue weighted by molar-refractivity contribution is 0.112. The second-order valence-electron chi connectivity index (χ2n) is 4.08. The molecule has 0 bridgehead atoms. The predicted molar refractivity (Wildman–Crippen MR) is 69.3 cm³/mol. The van der Waals surface area contributed by atoms with Gasteiger partial charge in [-0.15, -0.1) is 0 Å². The Balaban J connectivity index is 2.52. The van der Waals surface area contributed by atoms with Crippen LogP contribution in [0.3, 0.4) is 0 Å². The number of nitrogen functional groups attached to an aromatic ring is 1. The number of aliphatic hydroxyl groups excluding tert-OH is 1. The normalized spacial score (nSPS) is 10.6. The molecule has 0 atom stereocenters. The molecule has 1 heterocycles. The number of carbonyl (C=O) groups is 1. The average molecular weight is 245 g/mol. The van der Waals surface area contributed by atoms with Crippen LogP contribution in [0.4, 0.5) is 5.82 Å². The molecule has 0 saturated heterocycles. The van der Waals surface area contributed by atoms with E-state index >= 15 is 0 Å². The van der Waals surface area contributed by atoms with Gasteiger partial charge >= 0.3 is 0 Å². The van der Waals surface area contributed by atoms with Crippen molar-refractivity contribution in [3.05, 3.63) is 35.4 Å². The van der Waals surface area contributed by atoms with Gasteiger partial charge in [0.2, 0.25) is 0 Å². The fraction of sp³-hybridized carbons (Fsp3) is 0.231. The van der Waals surface area contributed by atoms with Crippen LogP contribution in [0.15, 0.2) is 24.3 Å². The molecule has 5 heteroatoms. The molecule has 3 N–H and O–H groups in total. The lowest BCUT2D eigenvalue weighted by atomic mass is 10.1. The highest BCUT2D eigenvalue weighted by Gasteiger charge is 2.15. The van der Waals surface area contributed by atoms with Gasteiger partial charge in [0, 0.05) is 5.56 Å². The van der Waals surface area contributed by atoms with Crippen LogP contribution >= 0.6 is 0 Å². The molecule has 0 aliphatic heterocycles. The molecule has 1 aromatic carbocycles. The summed E-state index contributed by atoms with van der Waals surface area (Å²) in [5.74, 6) is 0.287. The summed E-state index contributed by atoms with van der Waals surface area (Å²) < 4.78 is 1.44. The van der Waals surface area contributed by atoms with Gasteiger partial charge in [0.05, 0.1) is 18.7 Å². The van der Waals surface area contributed by atoms with E-state index in [1.165, 1.54) is 4.68 Å². The summed E-state index contributed by atoms with van der Waals surface area (Å²) >= 11 is 0. The van der Waals surface area contributed by atoms with Crippen LogP contribution in [0.1, 0.15) is 15.9 Å². The van der Waals surface area contributed by atoms with Gasteiger partial charge < -0.3 is 10.8 Å². The molecular weight excluding hydrogens is 230 g/mol. The molecular formula is C13H15N3O2. The third kappa shape index (κ3) is 2.12. The number of hydrogen-bond donors (Lipinski definition) is 2. The third-order valence-corrected chi connectivity index (χ3v) is 2.78. The monoisotopic (exact) mass is 245 g/mol. The Morgan fingerprint density at radius 3 is 2.61 bits per heavy atom. The Morgan fingerprint density at radius 1 is 1.39 bits per heavy atom. The predicted octanol–water partition coefficient (Wildman–Crippen LogP) is 1.25. The van der Waals surface area contributed by atoms with Crippen molar-refractivity contribution < 1.29 is 9.90 Å². The van der Waals surface area contributed by atoms with Crippen LogP contribution in [0.2, 0.25) is 0 Å². The van der Waals surface area contributed by atoms with Crippen LogP contribution in [0.25, 0.3) is 11.3 Å². The number of carbonyl (C=O) groups excluding carboxylic acids is 1. The number of rotatable bonds is 4. The number of hydrogen-bond acceptors (Lipinski definition) is 4. The second kappa shape index (κ2) is 5.01. The zero-order chi connectivity index (χ0) is 13.1. The van der Waals surface area contributed by atoms with Gasteiger partial charge in [-0.2, -0.15) is 5.10 Å². The van der Waals surface area contributed by atoms with Crippen molar-refractivity contribution >= 4 is 12.1 Å².